The Morgan fingerprint density at radius 1 is 1.18 bits per heavy atom. The molecule has 5 heteroatoms. The number of rotatable bonds is 3. The Hall–Kier alpha value is -2.43. The van der Waals surface area contributed by atoms with Crippen LogP contribution in [-0.2, 0) is 4.74 Å². The number of esters is 1. The Balaban J connectivity index is 2.20. The van der Waals surface area contributed by atoms with E-state index in [1.54, 1.807) is 12.1 Å². The molecule has 0 fully saturated rings. The largest absolute Gasteiger partial charge is 0.464 e. The number of carbonyl (C=O) groups is 1. The van der Waals surface area contributed by atoms with Crippen molar-refractivity contribution in [3.63, 3.8) is 0 Å². The van der Waals surface area contributed by atoms with Crippen molar-refractivity contribution in [3.8, 4) is 11.6 Å². The van der Waals surface area contributed by atoms with Gasteiger partial charge in [-0.1, -0.05) is 18.2 Å². The lowest BCUT2D eigenvalue weighted by atomic mass is 10.3. The summed E-state index contributed by atoms with van der Waals surface area (Å²) < 4.78 is 9.98. The van der Waals surface area contributed by atoms with E-state index in [-0.39, 0.29) is 11.6 Å². The average Bonchev–Trinajstić information content (AvgIpc) is 2.39. The number of nitrogens with zero attached hydrogens (tertiary/aromatic N) is 2. The van der Waals surface area contributed by atoms with Crippen LogP contribution in [0.4, 0.5) is 0 Å². The second-order valence-electron chi connectivity index (χ2n) is 3.15. The van der Waals surface area contributed by atoms with Crippen molar-refractivity contribution in [2.24, 2.45) is 0 Å². The third-order valence-corrected chi connectivity index (χ3v) is 1.97. The lowest BCUT2D eigenvalue weighted by Crippen LogP contribution is -2.05. The summed E-state index contributed by atoms with van der Waals surface area (Å²) in [5.74, 6) is 0.332. The predicted molar refractivity (Wildman–Crippen MR) is 59.9 cm³/mol. The number of aromatic nitrogens is 2. The Labute approximate surface area is 98.0 Å². The first-order valence-electron chi connectivity index (χ1n) is 4.93. The van der Waals surface area contributed by atoms with Crippen LogP contribution in [0.5, 0.6) is 11.6 Å². The molecule has 5 nitrogen and oxygen atoms in total. The van der Waals surface area contributed by atoms with Crippen molar-refractivity contribution in [2.45, 2.75) is 0 Å². The molecule has 0 unspecified atom stereocenters. The van der Waals surface area contributed by atoms with Crippen LogP contribution in [0, 0.1) is 0 Å². The molecule has 0 atom stereocenters. The number of ether oxygens (including phenoxy) is 2. The van der Waals surface area contributed by atoms with E-state index in [9.17, 15) is 4.79 Å². The lowest BCUT2D eigenvalue weighted by molar-refractivity contribution is 0.0592. The van der Waals surface area contributed by atoms with E-state index in [0.717, 1.165) is 0 Å². The maximum Gasteiger partial charge on any atom is 0.358 e. The number of benzene rings is 1. The summed E-state index contributed by atoms with van der Waals surface area (Å²) in [5, 5.41) is 0. The molecule has 1 aromatic heterocycles. The molecule has 1 aromatic carbocycles. The third kappa shape index (κ3) is 2.78. The summed E-state index contributed by atoms with van der Waals surface area (Å²) in [4.78, 5) is 19.1. The van der Waals surface area contributed by atoms with Gasteiger partial charge in [-0.05, 0) is 12.1 Å². The molecule has 0 radical (unpaired) electrons. The normalized spacial score (nSPS) is 9.71. The van der Waals surface area contributed by atoms with Crippen LogP contribution < -0.4 is 4.74 Å². The van der Waals surface area contributed by atoms with E-state index >= 15 is 0 Å². The summed E-state index contributed by atoms with van der Waals surface area (Å²) in [6, 6.07) is 9.13. The smallest absolute Gasteiger partial charge is 0.358 e. The van der Waals surface area contributed by atoms with Gasteiger partial charge in [0.05, 0.1) is 19.5 Å². The summed E-state index contributed by atoms with van der Waals surface area (Å²) in [6.45, 7) is 0. The first-order valence-corrected chi connectivity index (χ1v) is 4.93. The molecule has 86 valence electrons. The van der Waals surface area contributed by atoms with Gasteiger partial charge in [-0.15, -0.1) is 0 Å². The van der Waals surface area contributed by atoms with E-state index in [2.05, 4.69) is 14.7 Å². The van der Waals surface area contributed by atoms with Crippen molar-refractivity contribution in [2.75, 3.05) is 7.11 Å². The molecule has 0 aliphatic carbocycles. The summed E-state index contributed by atoms with van der Waals surface area (Å²) in [7, 11) is 1.29. The van der Waals surface area contributed by atoms with Crippen LogP contribution in [0.3, 0.4) is 0 Å². The Kier molecular flexibility index (Phi) is 3.30. The Bertz CT molecular complexity index is 514. The Morgan fingerprint density at radius 2 is 1.94 bits per heavy atom. The number of hydrogen-bond donors (Lipinski definition) is 0. The molecule has 2 aromatic rings. The molecule has 0 aliphatic heterocycles. The zero-order valence-electron chi connectivity index (χ0n) is 9.16. The van der Waals surface area contributed by atoms with Crippen molar-refractivity contribution >= 4 is 5.97 Å². The van der Waals surface area contributed by atoms with Gasteiger partial charge in [0, 0.05) is 0 Å². The number of carbonyl (C=O) groups excluding carboxylic acids is 1. The summed E-state index contributed by atoms with van der Waals surface area (Å²) >= 11 is 0. The van der Waals surface area contributed by atoms with Crippen LogP contribution in [0.25, 0.3) is 0 Å². The van der Waals surface area contributed by atoms with Crippen LogP contribution >= 0.6 is 0 Å². The van der Waals surface area contributed by atoms with Gasteiger partial charge >= 0.3 is 5.97 Å². The van der Waals surface area contributed by atoms with E-state index in [1.807, 2.05) is 18.2 Å². The average molecular weight is 230 g/mol. The van der Waals surface area contributed by atoms with Crippen LogP contribution in [0.1, 0.15) is 10.5 Å². The van der Waals surface area contributed by atoms with Crippen molar-refractivity contribution in [3.05, 3.63) is 48.4 Å². The van der Waals surface area contributed by atoms with Gasteiger partial charge in [-0.3, -0.25) is 4.98 Å². The number of methoxy groups -OCH3 is 1. The predicted octanol–water partition coefficient (Wildman–Crippen LogP) is 2.06. The number of para-hydroxylation sites is 1. The maximum absolute atomic E-state index is 11.2. The lowest BCUT2D eigenvalue weighted by Gasteiger charge is -2.04. The SMILES string of the molecule is COC(=O)c1cncc(Oc2ccccc2)n1. The number of hydrogen-bond acceptors (Lipinski definition) is 5. The highest BCUT2D eigenvalue weighted by Gasteiger charge is 2.09. The second-order valence-corrected chi connectivity index (χ2v) is 3.15. The van der Waals surface area contributed by atoms with Crippen molar-refractivity contribution < 1.29 is 14.3 Å². The van der Waals surface area contributed by atoms with Gasteiger partial charge in [0.25, 0.3) is 0 Å². The fourth-order valence-corrected chi connectivity index (χ4v) is 1.21. The standard InChI is InChI=1S/C12H10N2O3/c1-16-12(15)10-7-13-8-11(14-10)17-9-5-3-2-4-6-9/h2-8H,1H3. The first-order chi connectivity index (χ1) is 8.29. The topological polar surface area (TPSA) is 61.3 Å². The fraction of sp³-hybridized carbons (Fsp3) is 0.0833. The van der Waals surface area contributed by atoms with Gasteiger partial charge < -0.3 is 9.47 Å². The molecule has 0 spiro atoms. The third-order valence-electron chi connectivity index (χ3n) is 1.97. The molecule has 0 amide bonds. The second kappa shape index (κ2) is 5.07. The highest BCUT2D eigenvalue weighted by molar-refractivity contribution is 5.86. The summed E-state index contributed by atoms with van der Waals surface area (Å²) in [6.07, 6.45) is 2.75. The zero-order valence-corrected chi connectivity index (χ0v) is 9.16. The quantitative estimate of drug-likeness (QED) is 0.755. The minimum absolute atomic E-state index is 0.112. The van der Waals surface area contributed by atoms with Crippen LogP contribution in [0.15, 0.2) is 42.7 Å². The minimum atomic E-state index is -0.545. The van der Waals surface area contributed by atoms with E-state index in [1.165, 1.54) is 19.5 Å². The molecule has 0 saturated carbocycles. The van der Waals surface area contributed by atoms with Crippen LogP contribution in [0.2, 0.25) is 0 Å². The minimum Gasteiger partial charge on any atom is -0.464 e. The maximum atomic E-state index is 11.2. The molecular formula is C12H10N2O3. The molecule has 17 heavy (non-hydrogen) atoms. The molecular weight excluding hydrogens is 220 g/mol. The molecule has 0 bridgehead atoms. The molecule has 0 aliphatic rings. The molecule has 2 rings (SSSR count). The van der Waals surface area contributed by atoms with Gasteiger partial charge in [-0.2, -0.15) is 0 Å². The fourth-order valence-electron chi connectivity index (χ4n) is 1.21. The highest BCUT2D eigenvalue weighted by atomic mass is 16.5. The van der Waals surface area contributed by atoms with Crippen molar-refractivity contribution in [1.29, 1.82) is 0 Å². The van der Waals surface area contributed by atoms with E-state index in [0.29, 0.717) is 5.75 Å². The van der Waals surface area contributed by atoms with Crippen molar-refractivity contribution in [1.82, 2.24) is 9.97 Å². The first kappa shape index (κ1) is 11.1. The molecule has 0 saturated heterocycles. The van der Waals surface area contributed by atoms with Gasteiger partial charge in [0.2, 0.25) is 5.88 Å². The van der Waals surface area contributed by atoms with E-state index < -0.39 is 5.97 Å². The monoisotopic (exact) mass is 230 g/mol. The van der Waals surface area contributed by atoms with Gasteiger partial charge in [0.1, 0.15) is 5.75 Å². The van der Waals surface area contributed by atoms with Crippen LogP contribution in [-0.4, -0.2) is 23.0 Å². The Morgan fingerprint density at radius 3 is 2.65 bits per heavy atom. The van der Waals surface area contributed by atoms with E-state index in [4.69, 9.17) is 4.74 Å². The summed E-state index contributed by atoms with van der Waals surface area (Å²) in [5.41, 5.74) is 0.112. The van der Waals surface area contributed by atoms with Gasteiger partial charge in [0.15, 0.2) is 5.69 Å². The zero-order chi connectivity index (χ0) is 12.1. The highest BCUT2D eigenvalue weighted by Crippen LogP contribution is 2.17. The van der Waals surface area contributed by atoms with Gasteiger partial charge in [-0.25, -0.2) is 9.78 Å². The molecule has 1 heterocycles. The molecule has 0 N–H and O–H groups in total.